The van der Waals surface area contributed by atoms with Crippen LogP contribution in [-0.4, -0.2) is 39.4 Å². The standard InChI is InChI=1S/C12H25NO3/c1-10(2)5-7-16-8-6-13-9-11(3)12(14)15-4/h10-11,13H,5-9H2,1-4H3. The van der Waals surface area contributed by atoms with E-state index in [-0.39, 0.29) is 11.9 Å². The van der Waals surface area contributed by atoms with Crippen molar-refractivity contribution in [1.82, 2.24) is 5.32 Å². The van der Waals surface area contributed by atoms with E-state index >= 15 is 0 Å². The fourth-order valence-corrected chi connectivity index (χ4v) is 1.17. The van der Waals surface area contributed by atoms with Crippen LogP contribution in [0.5, 0.6) is 0 Å². The van der Waals surface area contributed by atoms with Gasteiger partial charge in [0.2, 0.25) is 0 Å². The predicted octanol–water partition coefficient (Wildman–Crippen LogP) is 1.45. The van der Waals surface area contributed by atoms with Crippen LogP contribution in [0.2, 0.25) is 0 Å². The molecule has 1 N–H and O–H groups in total. The van der Waals surface area contributed by atoms with Gasteiger partial charge in [-0.1, -0.05) is 20.8 Å². The molecule has 0 bridgehead atoms. The number of rotatable bonds is 9. The number of ether oxygens (including phenoxy) is 2. The zero-order chi connectivity index (χ0) is 12.4. The van der Waals surface area contributed by atoms with Crippen molar-refractivity contribution in [3.63, 3.8) is 0 Å². The molecule has 0 fully saturated rings. The molecule has 4 nitrogen and oxygen atoms in total. The van der Waals surface area contributed by atoms with Crippen molar-refractivity contribution in [2.24, 2.45) is 11.8 Å². The van der Waals surface area contributed by atoms with E-state index in [1.807, 2.05) is 6.92 Å². The summed E-state index contributed by atoms with van der Waals surface area (Å²) < 4.78 is 10.1. The Hall–Kier alpha value is -0.610. The van der Waals surface area contributed by atoms with Gasteiger partial charge in [-0.2, -0.15) is 0 Å². The van der Waals surface area contributed by atoms with Gasteiger partial charge in [-0.05, 0) is 12.3 Å². The largest absolute Gasteiger partial charge is 0.469 e. The molecular formula is C12H25NO3. The highest BCUT2D eigenvalue weighted by Gasteiger charge is 2.11. The van der Waals surface area contributed by atoms with Crippen molar-refractivity contribution in [1.29, 1.82) is 0 Å². The van der Waals surface area contributed by atoms with E-state index in [1.165, 1.54) is 7.11 Å². The van der Waals surface area contributed by atoms with Crippen molar-refractivity contribution < 1.29 is 14.3 Å². The normalized spacial score (nSPS) is 12.8. The summed E-state index contributed by atoms with van der Waals surface area (Å²) in [5.41, 5.74) is 0. The quantitative estimate of drug-likeness (QED) is 0.482. The SMILES string of the molecule is COC(=O)C(C)CNCCOCCC(C)C. The molecule has 0 radical (unpaired) electrons. The van der Waals surface area contributed by atoms with Gasteiger partial charge in [-0.3, -0.25) is 4.79 Å². The van der Waals surface area contributed by atoms with Crippen LogP contribution in [-0.2, 0) is 14.3 Å². The van der Waals surface area contributed by atoms with Crippen LogP contribution in [0, 0.1) is 11.8 Å². The molecule has 96 valence electrons. The molecule has 16 heavy (non-hydrogen) atoms. The third kappa shape index (κ3) is 8.68. The zero-order valence-corrected chi connectivity index (χ0v) is 10.9. The van der Waals surface area contributed by atoms with Gasteiger partial charge in [0.1, 0.15) is 0 Å². The van der Waals surface area contributed by atoms with Crippen LogP contribution in [0.15, 0.2) is 0 Å². The summed E-state index contributed by atoms with van der Waals surface area (Å²) in [6.45, 7) is 9.13. The number of nitrogens with one attached hydrogen (secondary N) is 1. The maximum atomic E-state index is 11.1. The topological polar surface area (TPSA) is 47.6 Å². The highest BCUT2D eigenvalue weighted by Crippen LogP contribution is 1.98. The van der Waals surface area contributed by atoms with Crippen molar-refractivity contribution >= 4 is 5.97 Å². The molecule has 1 atom stereocenters. The van der Waals surface area contributed by atoms with Gasteiger partial charge in [0.05, 0.1) is 19.6 Å². The summed E-state index contributed by atoms with van der Waals surface area (Å²) in [4.78, 5) is 11.1. The molecule has 1 unspecified atom stereocenters. The minimum Gasteiger partial charge on any atom is -0.469 e. The Morgan fingerprint density at radius 1 is 1.25 bits per heavy atom. The van der Waals surface area contributed by atoms with Gasteiger partial charge in [0.15, 0.2) is 0 Å². The predicted molar refractivity (Wildman–Crippen MR) is 64.3 cm³/mol. The summed E-state index contributed by atoms with van der Waals surface area (Å²) in [7, 11) is 1.41. The molecule has 0 saturated heterocycles. The van der Waals surface area contributed by atoms with E-state index in [0.717, 1.165) is 19.6 Å². The van der Waals surface area contributed by atoms with Crippen LogP contribution >= 0.6 is 0 Å². The third-order valence-corrected chi connectivity index (χ3v) is 2.32. The second kappa shape index (κ2) is 9.60. The average Bonchev–Trinajstić information content (AvgIpc) is 2.25. The number of carbonyl (C=O) groups is 1. The molecule has 0 rings (SSSR count). The first kappa shape index (κ1) is 15.4. The second-order valence-electron chi connectivity index (χ2n) is 4.42. The highest BCUT2D eigenvalue weighted by atomic mass is 16.5. The van der Waals surface area contributed by atoms with Crippen LogP contribution < -0.4 is 5.32 Å². The molecule has 0 aliphatic carbocycles. The molecule has 0 aromatic rings. The Kier molecular flexibility index (Phi) is 9.24. The lowest BCUT2D eigenvalue weighted by Crippen LogP contribution is -2.29. The van der Waals surface area contributed by atoms with E-state index in [2.05, 4.69) is 23.9 Å². The van der Waals surface area contributed by atoms with Gasteiger partial charge < -0.3 is 14.8 Å². The smallest absolute Gasteiger partial charge is 0.309 e. The molecule has 0 spiro atoms. The number of hydrogen-bond donors (Lipinski definition) is 1. The molecule has 0 aliphatic heterocycles. The molecule has 0 saturated carbocycles. The fourth-order valence-electron chi connectivity index (χ4n) is 1.17. The van der Waals surface area contributed by atoms with E-state index in [4.69, 9.17) is 4.74 Å². The minimum absolute atomic E-state index is 0.0966. The Balaban J connectivity index is 3.24. The Morgan fingerprint density at radius 2 is 1.94 bits per heavy atom. The lowest BCUT2D eigenvalue weighted by Gasteiger charge is -2.11. The third-order valence-electron chi connectivity index (χ3n) is 2.32. The first-order chi connectivity index (χ1) is 7.57. The van der Waals surface area contributed by atoms with E-state index in [1.54, 1.807) is 0 Å². The van der Waals surface area contributed by atoms with Crippen LogP contribution in [0.1, 0.15) is 27.2 Å². The lowest BCUT2D eigenvalue weighted by molar-refractivity contribution is -0.144. The van der Waals surface area contributed by atoms with Crippen LogP contribution in [0.3, 0.4) is 0 Å². The van der Waals surface area contributed by atoms with Gasteiger partial charge in [0, 0.05) is 19.7 Å². The average molecular weight is 231 g/mol. The molecule has 0 aliphatic rings. The first-order valence-corrected chi connectivity index (χ1v) is 5.94. The summed E-state index contributed by atoms with van der Waals surface area (Å²) in [6, 6.07) is 0. The fraction of sp³-hybridized carbons (Fsp3) is 0.917. The maximum absolute atomic E-state index is 11.1. The molecular weight excluding hydrogens is 206 g/mol. The summed E-state index contributed by atoms with van der Waals surface area (Å²) in [5, 5.41) is 3.16. The van der Waals surface area contributed by atoms with Gasteiger partial charge in [0.25, 0.3) is 0 Å². The molecule has 0 amide bonds. The van der Waals surface area contributed by atoms with Crippen molar-refractivity contribution in [3.8, 4) is 0 Å². The van der Waals surface area contributed by atoms with Gasteiger partial charge in [-0.15, -0.1) is 0 Å². The molecule has 4 heteroatoms. The monoisotopic (exact) mass is 231 g/mol. The highest BCUT2D eigenvalue weighted by molar-refractivity contribution is 5.71. The number of hydrogen-bond acceptors (Lipinski definition) is 4. The lowest BCUT2D eigenvalue weighted by atomic mass is 10.1. The second-order valence-corrected chi connectivity index (χ2v) is 4.42. The zero-order valence-electron chi connectivity index (χ0n) is 10.9. The van der Waals surface area contributed by atoms with Crippen LogP contribution in [0.25, 0.3) is 0 Å². The summed E-state index contributed by atoms with van der Waals surface area (Å²) in [6.07, 6.45) is 1.10. The van der Waals surface area contributed by atoms with Crippen molar-refractivity contribution in [3.05, 3.63) is 0 Å². The Labute approximate surface area is 98.7 Å². The van der Waals surface area contributed by atoms with Crippen molar-refractivity contribution in [2.45, 2.75) is 27.2 Å². The van der Waals surface area contributed by atoms with E-state index < -0.39 is 0 Å². The maximum Gasteiger partial charge on any atom is 0.309 e. The molecule has 0 heterocycles. The molecule has 0 aromatic heterocycles. The van der Waals surface area contributed by atoms with E-state index in [0.29, 0.717) is 19.1 Å². The number of carbonyl (C=O) groups excluding carboxylic acids is 1. The van der Waals surface area contributed by atoms with Crippen molar-refractivity contribution in [2.75, 3.05) is 33.4 Å². The van der Waals surface area contributed by atoms with E-state index in [9.17, 15) is 4.79 Å². The summed E-state index contributed by atoms with van der Waals surface area (Å²) >= 11 is 0. The Bertz CT molecular complexity index is 183. The number of methoxy groups -OCH3 is 1. The van der Waals surface area contributed by atoms with Gasteiger partial charge >= 0.3 is 5.97 Å². The Morgan fingerprint density at radius 3 is 2.50 bits per heavy atom. The number of esters is 1. The van der Waals surface area contributed by atoms with Crippen LogP contribution in [0.4, 0.5) is 0 Å². The molecule has 0 aromatic carbocycles. The first-order valence-electron chi connectivity index (χ1n) is 5.94. The summed E-state index contributed by atoms with van der Waals surface area (Å²) in [5.74, 6) is 0.418. The van der Waals surface area contributed by atoms with Gasteiger partial charge in [-0.25, -0.2) is 0 Å². The minimum atomic E-state index is -0.173.